The molecule has 1 atom stereocenters. The fraction of sp³-hybridized carbons (Fsp3) is 0.455. The molecule has 0 aliphatic carbocycles. The zero-order valence-electron chi connectivity index (χ0n) is 17.6. The van der Waals surface area contributed by atoms with Gasteiger partial charge in [-0.15, -0.1) is 0 Å². The van der Waals surface area contributed by atoms with Crippen LogP contribution in [0.2, 0.25) is 0 Å². The Morgan fingerprint density at radius 1 is 1.16 bits per heavy atom. The zero-order valence-corrected chi connectivity index (χ0v) is 18.4. The number of ether oxygens (including phenoxy) is 1. The molecule has 31 heavy (non-hydrogen) atoms. The molecule has 1 unspecified atom stereocenters. The number of thiazole rings is 1. The summed E-state index contributed by atoms with van der Waals surface area (Å²) in [5.74, 6) is 0.750. The van der Waals surface area contributed by atoms with Crippen molar-refractivity contribution in [2.75, 3.05) is 38.1 Å². The number of benzene rings is 1. The topological polar surface area (TPSA) is 83.5 Å². The molecule has 0 radical (unpaired) electrons. The minimum atomic E-state index is -0.276. The van der Waals surface area contributed by atoms with E-state index in [1.807, 2.05) is 18.2 Å². The molecular formula is C22H26N6O2S. The van der Waals surface area contributed by atoms with Crippen molar-refractivity contribution in [1.82, 2.24) is 25.2 Å². The monoisotopic (exact) mass is 438 g/mol. The second-order valence-electron chi connectivity index (χ2n) is 8.03. The van der Waals surface area contributed by atoms with Gasteiger partial charge in [-0.2, -0.15) is 0 Å². The van der Waals surface area contributed by atoms with E-state index in [1.54, 1.807) is 18.4 Å². The van der Waals surface area contributed by atoms with Crippen molar-refractivity contribution < 1.29 is 9.53 Å². The lowest BCUT2D eigenvalue weighted by atomic mass is 10.1. The molecule has 1 aromatic carbocycles. The number of nitrogens with zero attached hydrogens (tertiary/aromatic N) is 5. The van der Waals surface area contributed by atoms with Gasteiger partial charge in [0.25, 0.3) is 5.91 Å². The number of likely N-dealkylation sites (tertiary alicyclic amines) is 1. The van der Waals surface area contributed by atoms with E-state index in [0.29, 0.717) is 17.7 Å². The van der Waals surface area contributed by atoms with E-state index in [0.717, 1.165) is 28.4 Å². The largest absolute Gasteiger partial charge is 0.437 e. The molecule has 9 heteroatoms. The van der Waals surface area contributed by atoms with E-state index in [1.165, 1.54) is 51.2 Å². The van der Waals surface area contributed by atoms with Crippen LogP contribution in [-0.4, -0.2) is 65.0 Å². The standard InChI is InChI=1S/C22H26N6O2S/c1-23-21(29)18-12-25-20(13-24-18)30-16-5-6-17-19(11-16)31-22(26-17)28-10-7-15(14-28)27-8-3-2-4-9-27/h5-6,11-13,15H,2-4,7-10,14H2,1H3,(H,23,29). The first-order valence-electron chi connectivity index (χ1n) is 10.8. The molecule has 8 nitrogen and oxygen atoms in total. The second-order valence-corrected chi connectivity index (χ2v) is 9.04. The average Bonchev–Trinajstić information content (AvgIpc) is 3.47. The molecule has 2 aliphatic heterocycles. The van der Waals surface area contributed by atoms with Crippen LogP contribution < -0.4 is 15.0 Å². The highest BCUT2D eigenvalue weighted by Crippen LogP contribution is 2.34. The van der Waals surface area contributed by atoms with Gasteiger partial charge >= 0.3 is 0 Å². The van der Waals surface area contributed by atoms with Gasteiger partial charge in [0.05, 0.1) is 22.6 Å². The Hall–Kier alpha value is -2.78. The molecule has 1 N–H and O–H groups in total. The van der Waals surface area contributed by atoms with Gasteiger partial charge in [0.2, 0.25) is 5.88 Å². The van der Waals surface area contributed by atoms with E-state index < -0.39 is 0 Å². The Morgan fingerprint density at radius 2 is 2.03 bits per heavy atom. The molecular weight excluding hydrogens is 412 g/mol. The van der Waals surface area contributed by atoms with Crippen molar-refractivity contribution in [3.05, 3.63) is 36.3 Å². The normalized spacial score (nSPS) is 19.6. The zero-order chi connectivity index (χ0) is 21.2. The number of hydrogen-bond acceptors (Lipinski definition) is 8. The molecule has 5 rings (SSSR count). The van der Waals surface area contributed by atoms with Gasteiger partial charge in [-0.1, -0.05) is 17.8 Å². The van der Waals surface area contributed by atoms with Crippen LogP contribution in [0.4, 0.5) is 5.13 Å². The maximum Gasteiger partial charge on any atom is 0.271 e. The van der Waals surface area contributed by atoms with Crippen molar-refractivity contribution in [3.8, 4) is 11.6 Å². The summed E-state index contributed by atoms with van der Waals surface area (Å²) in [5, 5.41) is 3.61. The Labute approximate surface area is 185 Å². The summed E-state index contributed by atoms with van der Waals surface area (Å²) in [6.07, 6.45) is 8.12. The predicted octanol–water partition coefficient (Wildman–Crippen LogP) is 3.30. The van der Waals surface area contributed by atoms with Gasteiger partial charge in [-0.05, 0) is 44.5 Å². The van der Waals surface area contributed by atoms with Crippen molar-refractivity contribution in [2.24, 2.45) is 0 Å². The number of rotatable bonds is 5. The van der Waals surface area contributed by atoms with Crippen LogP contribution >= 0.6 is 11.3 Å². The number of nitrogens with one attached hydrogen (secondary N) is 1. The van der Waals surface area contributed by atoms with E-state index in [4.69, 9.17) is 9.72 Å². The lowest BCUT2D eigenvalue weighted by molar-refractivity contribution is 0.0957. The van der Waals surface area contributed by atoms with E-state index in [9.17, 15) is 4.79 Å². The second kappa shape index (κ2) is 8.76. The highest BCUT2D eigenvalue weighted by atomic mass is 32.1. The Kier molecular flexibility index (Phi) is 5.69. The Balaban J connectivity index is 1.27. The Bertz CT molecular complexity index is 1060. The first-order chi connectivity index (χ1) is 15.2. The molecule has 0 saturated carbocycles. The van der Waals surface area contributed by atoms with Gasteiger partial charge in [0, 0.05) is 32.2 Å². The summed E-state index contributed by atoms with van der Waals surface area (Å²) in [7, 11) is 1.56. The van der Waals surface area contributed by atoms with Gasteiger partial charge in [0.15, 0.2) is 5.13 Å². The molecule has 2 aliphatic rings. The maximum absolute atomic E-state index is 11.6. The number of fused-ring (bicyclic) bond motifs is 1. The number of amides is 1. The lowest BCUT2D eigenvalue weighted by Gasteiger charge is -2.32. The third-order valence-corrected chi connectivity index (χ3v) is 7.08. The molecule has 0 spiro atoms. The van der Waals surface area contributed by atoms with Gasteiger partial charge in [0.1, 0.15) is 11.4 Å². The van der Waals surface area contributed by atoms with Crippen LogP contribution in [0.15, 0.2) is 30.6 Å². The van der Waals surface area contributed by atoms with Crippen LogP contribution in [0.1, 0.15) is 36.2 Å². The van der Waals surface area contributed by atoms with Crippen LogP contribution in [-0.2, 0) is 0 Å². The third-order valence-electron chi connectivity index (χ3n) is 6.00. The van der Waals surface area contributed by atoms with Crippen LogP contribution in [0.5, 0.6) is 11.6 Å². The van der Waals surface area contributed by atoms with Crippen molar-refractivity contribution in [2.45, 2.75) is 31.7 Å². The molecule has 2 aromatic heterocycles. The van der Waals surface area contributed by atoms with E-state index >= 15 is 0 Å². The molecule has 4 heterocycles. The predicted molar refractivity (Wildman–Crippen MR) is 121 cm³/mol. The molecule has 2 fully saturated rings. The summed E-state index contributed by atoms with van der Waals surface area (Å²) in [6.45, 7) is 4.62. The van der Waals surface area contributed by atoms with Crippen molar-refractivity contribution >= 4 is 32.6 Å². The van der Waals surface area contributed by atoms with E-state index in [2.05, 4.69) is 25.1 Å². The minimum Gasteiger partial charge on any atom is -0.437 e. The van der Waals surface area contributed by atoms with Crippen LogP contribution in [0.3, 0.4) is 0 Å². The third kappa shape index (κ3) is 4.33. The van der Waals surface area contributed by atoms with E-state index in [-0.39, 0.29) is 11.6 Å². The first-order valence-corrected chi connectivity index (χ1v) is 11.6. The number of hydrogen-bond donors (Lipinski definition) is 1. The molecule has 162 valence electrons. The quantitative estimate of drug-likeness (QED) is 0.654. The number of carbonyl (C=O) groups is 1. The van der Waals surface area contributed by atoms with Gasteiger partial charge in [-0.3, -0.25) is 9.69 Å². The molecule has 2 saturated heterocycles. The SMILES string of the molecule is CNC(=O)c1cnc(Oc2ccc3nc(N4CCC(N5CCCCC5)C4)sc3c2)cn1. The minimum absolute atomic E-state index is 0.255. The summed E-state index contributed by atoms with van der Waals surface area (Å²) in [5.41, 5.74) is 1.24. The fourth-order valence-electron chi connectivity index (χ4n) is 4.32. The summed E-state index contributed by atoms with van der Waals surface area (Å²) in [6, 6.07) is 6.52. The van der Waals surface area contributed by atoms with Gasteiger partial charge in [-0.25, -0.2) is 15.0 Å². The molecule has 3 aromatic rings. The smallest absolute Gasteiger partial charge is 0.271 e. The summed E-state index contributed by atoms with van der Waals surface area (Å²) in [4.78, 5) is 29.8. The summed E-state index contributed by atoms with van der Waals surface area (Å²) < 4.78 is 6.93. The summed E-state index contributed by atoms with van der Waals surface area (Å²) >= 11 is 1.70. The van der Waals surface area contributed by atoms with Crippen LogP contribution in [0, 0.1) is 0 Å². The number of carbonyl (C=O) groups excluding carboxylic acids is 1. The lowest BCUT2D eigenvalue weighted by Crippen LogP contribution is -2.40. The van der Waals surface area contributed by atoms with Crippen LogP contribution in [0.25, 0.3) is 10.2 Å². The fourth-order valence-corrected chi connectivity index (χ4v) is 5.35. The van der Waals surface area contributed by atoms with Crippen molar-refractivity contribution in [1.29, 1.82) is 0 Å². The highest BCUT2D eigenvalue weighted by Gasteiger charge is 2.30. The Morgan fingerprint density at radius 3 is 2.81 bits per heavy atom. The number of piperidine rings is 1. The maximum atomic E-state index is 11.6. The van der Waals surface area contributed by atoms with Crippen molar-refractivity contribution in [3.63, 3.8) is 0 Å². The molecule has 1 amide bonds. The number of aromatic nitrogens is 3. The van der Waals surface area contributed by atoms with Gasteiger partial charge < -0.3 is 15.0 Å². The first kappa shape index (κ1) is 20.1. The average molecular weight is 439 g/mol. The molecule has 0 bridgehead atoms. The number of anilines is 1. The highest BCUT2D eigenvalue weighted by molar-refractivity contribution is 7.22.